The third-order valence-electron chi connectivity index (χ3n) is 4.29. The minimum atomic E-state index is -0.438. The lowest BCUT2D eigenvalue weighted by atomic mass is 10.1. The van der Waals surface area contributed by atoms with Crippen molar-refractivity contribution < 1.29 is 4.79 Å². The average molecular weight is 371 g/mol. The largest absolute Gasteiger partial charge is 0.351 e. The summed E-state index contributed by atoms with van der Waals surface area (Å²) in [4.78, 5) is 32.2. The molecule has 0 aliphatic heterocycles. The van der Waals surface area contributed by atoms with E-state index in [-0.39, 0.29) is 5.56 Å². The standard InChI is InChI=1S/C18H21N5O2S/c1-4-23-12(3)13(11(2)22-23)7-8-19-17(24)14-10-20-16(21-18(14)25)15-6-5-9-26-15/h5-6,9-10H,4,7-8H2,1-3H3,(H,19,24)(H,20,21,25). The van der Waals surface area contributed by atoms with Crippen molar-refractivity contribution in [3.63, 3.8) is 0 Å². The first-order valence-corrected chi connectivity index (χ1v) is 9.33. The molecule has 0 aliphatic rings. The fourth-order valence-electron chi connectivity index (χ4n) is 2.90. The van der Waals surface area contributed by atoms with Crippen molar-refractivity contribution in [3.8, 4) is 10.7 Å². The lowest BCUT2D eigenvalue weighted by molar-refractivity contribution is 0.0952. The zero-order chi connectivity index (χ0) is 18.7. The lowest BCUT2D eigenvalue weighted by Gasteiger charge is -2.06. The summed E-state index contributed by atoms with van der Waals surface area (Å²) in [5.41, 5.74) is 2.79. The van der Waals surface area contributed by atoms with Crippen LogP contribution in [0.25, 0.3) is 10.7 Å². The zero-order valence-corrected chi connectivity index (χ0v) is 15.8. The minimum Gasteiger partial charge on any atom is -0.351 e. The summed E-state index contributed by atoms with van der Waals surface area (Å²) in [5.74, 6) is 0.0504. The molecule has 26 heavy (non-hydrogen) atoms. The van der Waals surface area contributed by atoms with Gasteiger partial charge in [-0.3, -0.25) is 14.3 Å². The van der Waals surface area contributed by atoms with Crippen LogP contribution in [0, 0.1) is 13.8 Å². The molecule has 1 amide bonds. The average Bonchev–Trinajstić information content (AvgIpc) is 3.25. The normalized spacial score (nSPS) is 10.9. The van der Waals surface area contributed by atoms with Crippen molar-refractivity contribution in [1.29, 1.82) is 0 Å². The van der Waals surface area contributed by atoms with Crippen LogP contribution >= 0.6 is 11.3 Å². The van der Waals surface area contributed by atoms with Gasteiger partial charge in [-0.1, -0.05) is 6.07 Å². The van der Waals surface area contributed by atoms with Crippen LogP contribution in [0.1, 0.15) is 34.2 Å². The van der Waals surface area contributed by atoms with Gasteiger partial charge in [0, 0.05) is 25.0 Å². The van der Waals surface area contributed by atoms with E-state index in [2.05, 4.69) is 20.4 Å². The predicted molar refractivity (Wildman–Crippen MR) is 102 cm³/mol. The van der Waals surface area contributed by atoms with E-state index in [4.69, 9.17) is 0 Å². The van der Waals surface area contributed by atoms with Gasteiger partial charge < -0.3 is 10.3 Å². The molecule has 0 radical (unpaired) electrons. The van der Waals surface area contributed by atoms with Gasteiger partial charge in [0.25, 0.3) is 11.5 Å². The Morgan fingerprint density at radius 2 is 2.19 bits per heavy atom. The first-order chi connectivity index (χ1) is 12.5. The first-order valence-electron chi connectivity index (χ1n) is 8.45. The number of hydrogen-bond acceptors (Lipinski definition) is 5. The fourth-order valence-corrected chi connectivity index (χ4v) is 3.57. The number of hydrogen-bond donors (Lipinski definition) is 2. The highest BCUT2D eigenvalue weighted by Gasteiger charge is 2.14. The number of thiophene rings is 1. The van der Waals surface area contributed by atoms with Gasteiger partial charge in [0.2, 0.25) is 0 Å². The van der Waals surface area contributed by atoms with E-state index in [1.165, 1.54) is 17.5 Å². The van der Waals surface area contributed by atoms with Gasteiger partial charge in [-0.05, 0) is 44.2 Å². The highest BCUT2D eigenvalue weighted by molar-refractivity contribution is 7.13. The molecular formula is C18H21N5O2S. The first kappa shape index (κ1) is 18.1. The number of H-pyrrole nitrogens is 1. The molecule has 0 spiro atoms. The molecule has 0 saturated carbocycles. The molecule has 0 unspecified atom stereocenters. The molecule has 0 aromatic carbocycles. The van der Waals surface area contributed by atoms with Crippen LogP contribution in [-0.2, 0) is 13.0 Å². The number of amides is 1. The van der Waals surface area contributed by atoms with Crippen LogP contribution in [0.4, 0.5) is 0 Å². The van der Waals surface area contributed by atoms with Gasteiger partial charge in [-0.25, -0.2) is 4.98 Å². The third-order valence-corrected chi connectivity index (χ3v) is 5.17. The Morgan fingerprint density at radius 1 is 1.38 bits per heavy atom. The number of aromatic nitrogens is 4. The molecule has 3 rings (SSSR count). The molecule has 0 fully saturated rings. The summed E-state index contributed by atoms with van der Waals surface area (Å²) in [6.45, 7) is 7.29. The summed E-state index contributed by atoms with van der Waals surface area (Å²) in [7, 11) is 0. The predicted octanol–water partition coefficient (Wildman–Crippen LogP) is 2.30. The SMILES string of the molecule is CCn1nc(C)c(CCNC(=O)c2cnc(-c3cccs3)[nH]c2=O)c1C. The molecule has 2 N–H and O–H groups in total. The van der Waals surface area contributed by atoms with Crippen LogP contribution in [0.5, 0.6) is 0 Å². The van der Waals surface area contributed by atoms with Crippen molar-refractivity contribution in [1.82, 2.24) is 25.1 Å². The topological polar surface area (TPSA) is 92.7 Å². The van der Waals surface area contributed by atoms with Gasteiger partial charge in [-0.15, -0.1) is 11.3 Å². The van der Waals surface area contributed by atoms with Crippen molar-refractivity contribution in [3.05, 3.63) is 56.6 Å². The smallest absolute Gasteiger partial charge is 0.264 e. The molecule has 0 bridgehead atoms. The Balaban J connectivity index is 1.66. The van der Waals surface area contributed by atoms with Gasteiger partial charge in [0.1, 0.15) is 11.4 Å². The molecule has 3 aromatic heterocycles. The second-order valence-corrected chi connectivity index (χ2v) is 6.87. The van der Waals surface area contributed by atoms with Crippen molar-refractivity contribution in [2.75, 3.05) is 6.54 Å². The third kappa shape index (κ3) is 3.60. The van der Waals surface area contributed by atoms with Crippen molar-refractivity contribution in [2.45, 2.75) is 33.7 Å². The Kier molecular flexibility index (Phi) is 5.32. The maximum absolute atomic E-state index is 12.3. The van der Waals surface area contributed by atoms with E-state index in [0.717, 1.165) is 28.4 Å². The molecule has 0 aliphatic carbocycles. The molecule has 7 nitrogen and oxygen atoms in total. The molecule has 3 heterocycles. The summed E-state index contributed by atoms with van der Waals surface area (Å²) < 4.78 is 1.95. The quantitative estimate of drug-likeness (QED) is 0.695. The number of aromatic amines is 1. The number of aryl methyl sites for hydroxylation is 2. The highest BCUT2D eigenvalue weighted by Crippen LogP contribution is 2.19. The van der Waals surface area contributed by atoms with E-state index >= 15 is 0 Å². The monoisotopic (exact) mass is 371 g/mol. The lowest BCUT2D eigenvalue weighted by Crippen LogP contribution is -2.31. The van der Waals surface area contributed by atoms with Crippen LogP contribution in [-0.4, -0.2) is 32.2 Å². The number of rotatable bonds is 6. The Morgan fingerprint density at radius 3 is 2.81 bits per heavy atom. The van der Waals surface area contributed by atoms with Gasteiger partial charge in [-0.2, -0.15) is 5.10 Å². The van der Waals surface area contributed by atoms with E-state index in [9.17, 15) is 9.59 Å². The van der Waals surface area contributed by atoms with Crippen molar-refractivity contribution in [2.24, 2.45) is 0 Å². The number of carbonyl (C=O) groups is 1. The Bertz CT molecular complexity index is 972. The van der Waals surface area contributed by atoms with Gasteiger partial charge in [0.05, 0.1) is 10.6 Å². The molecule has 136 valence electrons. The maximum Gasteiger partial charge on any atom is 0.264 e. The van der Waals surface area contributed by atoms with E-state index in [1.54, 1.807) is 0 Å². The molecule has 3 aromatic rings. The molecular weight excluding hydrogens is 350 g/mol. The Hall–Kier alpha value is -2.74. The summed E-state index contributed by atoms with van der Waals surface area (Å²) in [5, 5.41) is 9.17. The van der Waals surface area contributed by atoms with E-state index < -0.39 is 11.5 Å². The number of carbonyl (C=O) groups excluding carboxylic acids is 1. The number of nitrogens with one attached hydrogen (secondary N) is 2. The van der Waals surface area contributed by atoms with Crippen LogP contribution in [0.15, 0.2) is 28.5 Å². The fraction of sp³-hybridized carbons (Fsp3) is 0.333. The molecule has 8 heteroatoms. The molecule has 0 saturated heterocycles. The summed E-state index contributed by atoms with van der Waals surface area (Å²) >= 11 is 1.48. The van der Waals surface area contributed by atoms with Crippen LogP contribution in [0.3, 0.4) is 0 Å². The van der Waals surface area contributed by atoms with Gasteiger partial charge >= 0.3 is 0 Å². The Labute approximate surface area is 155 Å². The summed E-state index contributed by atoms with van der Waals surface area (Å²) in [6, 6.07) is 3.75. The summed E-state index contributed by atoms with van der Waals surface area (Å²) in [6.07, 6.45) is 2.00. The van der Waals surface area contributed by atoms with Crippen LogP contribution < -0.4 is 10.9 Å². The van der Waals surface area contributed by atoms with Crippen LogP contribution in [0.2, 0.25) is 0 Å². The van der Waals surface area contributed by atoms with Gasteiger partial charge in [0.15, 0.2) is 0 Å². The molecule has 0 atom stereocenters. The van der Waals surface area contributed by atoms with E-state index in [0.29, 0.717) is 18.8 Å². The van der Waals surface area contributed by atoms with E-state index in [1.807, 2.05) is 43.0 Å². The highest BCUT2D eigenvalue weighted by atomic mass is 32.1. The second-order valence-electron chi connectivity index (χ2n) is 5.92. The van der Waals surface area contributed by atoms with Crippen molar-refractivity contribution >= 4 is 17.2 Å². The number of nitrogens with zero attached hydrogens (tertiary/aromatic N) is 3. The zero-order valence-electron chi connectivity index (χ0n) is 15.0. The maximum atomic E-state index is 12.3. The second kappa shape index (κ2) is 7.65. The minimum absolute atomic E-state index is 0.0167.